The number of aromatic nitrogens is 2. The van der Waals surface area contributed by atoms with Gasteiger partial charge in [0.05, 0.1) is 17.6 Å². The number of H-pyrrole nitrogens is 1. The molecule has 0 spiro atoms. The Morgan fingerprint density at radius 3 is 2.75 bits per heavy atom. The number of hydrogen-bond acceptors (Lipinski definition) is 5. The van der Waals surface area contributed by atoms with Gasteiger partial charge in [-0.15, -0.1) is 0 Å². The number of carbonyl (C=O) groups excluding carboxylic acids is 1. The van der Waals surface area contributed by atoms with Gasteiger partial charge in [-0.05, 0) is 41.3 Å². The van der Waals surface area contributed by atoms with Crippen molar-refractivity contribution in [2.45, 2.75) is 13.0 Å². The Hall–Kier alpha value is -3.00. The number of hydroxylamine groups is 1. The van der Waals surface area contributed by atoms with Gasteiger partial charge in [0.25, 0.3) is 5.91 Å². The highest BCUT2D eigenvalue weighted by Gasteiger charge is 2.09. The zero-order valence-corrected chi connectivity index (χ0v) is 15.5. The molecular weight excluding hydrogens is 356 g/mol. The van der Waals surface area contributed by atoms with Crippen molar-refractivity contribution >= 4 is 23.0 Å². The molecule has 0 fully saturated rings. The van der Waals surface area contributed by atoms with Crippen LogP contribution in [0.2, 0.25) is 0 Å². The second-order valence-corrected chi connectivity index (χ2v) is 6.51. The monoisotopic (exact) mass is 380 g/mol. The van der Waals surface area contributed by atoms with E-state index in [0.29, 0.717) is 6.54 Å². The van der Waals surface area contributed by atoms with E-state index in [2.05, 4.69) is 14.9 Å². The van der Waals surface area contributed by atoms with Crippen molar-refractivity contribution in [1.29, 1.82) is 0 Å². The Morgan fingerprint density at radius 1 is 1.18 bits per heavy atom. The number of hydrogen-bond donors (Lipinski definition) is 4. The number of aromatic amines is 1. The maximum atomic E-state index is 11.0. The van der Waals surface area contributed by atoms with Crippen molar-refractivity contribution in [2.24, 2.45) is 0 Å². The Balaban J connectivity index is 1.62. The largest absolute Gasteiger partial charge is 0.395 e. The molecule has 0 aliphatic rings. The lowest BCUT2D eigenvalue weighted by atomic mass is 10.1. The first kappa shape index (κ1) is 19.8. The average Bonchev–Trinajstić information content (AvgIpc) is 3.21. The van der Waals surface area contributed by atoms with Crippen LogP contribution in [0.1, 0.15) is 16.7 Å². The van der Waals surface area contributed by atoms with Gasteiger partial charge in [0, 0.05) is 38.1 Å². The number of fused-ring (bicyclic) bond motifs is 1. The molecule has 146 valence electrons. The van der Waals surface area contributed by atoms with Crippen LogP contribution in [0.5, 0.6) is 0 Å². The van der Waals surface area contributed by atoms with Crippen LogP contribution in [0.3, 0.4) is 0 Å². The first-order valence-electron chi connectivity index (χ1n) is 9.15. The molecule has 0 bridgehead atoms. The molecule has 0 aliphatic heterocycles. The number of nitrogens with one attached hydrogen (secondary N) is 2. The van der Waals surface area contributed by atoms with Crippen molar-refractivity contribution in [3.8, 4) is 0 Å². The van der Waals surface area contributed by atoms with E-state index < -0.39 is 5.91 Å². The third-order valence-electron chi connectivity index (χ3n) is 4.57. The fraction of sp³-hybridized carbons (Fsp3) is 0.238. The first-order valence-corrected chi connectivity index (χ1v) is 9.15. The van der Waals surface area contributed by atoms with Crippen LogP contribution >= 0.6 is 0 Å². The summed E-state index contributed by atoms with van der Waals surface area (Å²) in [5.41, 5.74) is 6.79. The van der Waals surface area contributed by atoms with Gasteiger partial charge < -0.3 is 10.1 Å². The van der Waals surface area contributed by atoms with E-state index in [1.807, 2.05) is 48.8 Å². The minimum atomic E-state index is -0.564. The molecule has 0 atom stereocenters. The van der Waals surface area contributed by atoms with Crippen LogP contribution < -0.4 is 5.48 Å². The molecule has 2 aromatic heterocycles. The van der Waals surface area contributed by atoms with Crippen molar-refractivity contribution in [3.63, 3.8) is 0 Å². The smallest absolute Gasteiger partial charge is 0.267 e. The lowest BCUT2D eigenvalue weighted by Gasteiger charge is -2.21. The molecule has 4 N–H and O–H groups in total. The molecule has 3 rings (SSSR count). The minimum Gasteiger partial charge on any atom is -0.395 e. The average molecular weight is 380 g/mol. The molecule has 0 radical (unpaired) electrons. The highest BCUT2D eigenvalue weighted by molar-refractivity contribution is 5.90. The summed E-state index contributed by atoms with van der Waals surface area (Å²) in [6, 6.07) is 11.8. The predicted octanol–water partition coefficient (Wildman–Crippen LogP) is 2.12. The fourth-order valence-electron chi connectivity index (χ4n) is 3.12. The molecular formula is C21H24N4O3. The molecule has 7 nitrogen and oxygen atoms in total. The number of nitrogens with zero attached hydrogens (tertiary/aromatic N) is 2. The number of benzene rings is 1. The van der Waals surface area contributed by atoms with E-state index in [1.165, 1.54) is 11.6 Å². The van der Waals surface area contributed by atoms with E-state index in [-0.39, 0.29) is 6.61 Å². The maximum Gasteiger partial charge on any atom is 0.267 e. The second kappa shape index (κ2) is 9.80. The van der Waals surface area contributed by atoms with Crippen molar-refractivity contribution in [3.05, 3.63) is 71.6 Å². The lowest BCUT2D eigenvalue weighted by molar-refractivity contribution is -0.124. The Kier molecular flexibility index (Phi) is 6.91. The lowest BCUT2D eigenvalue weighted by Crippen LogP contribution is -2.28. The van der Waals surface area contributed by atoms with Crippen molar-refractivity contribution in [2.75, 3.05) is 19.7 Å². The molecule has 1 aromatic carbocycles. The van der Waals surface area contributed by atoms with Crippen molar-refractivity contribution in [1.82, 2.24) is 20.3 Å². The predicted molar refractivity (Wildman–Crippen MR) is 108 cm³/mol. The molecule has 2 heterocycles. The van der Waals surface area contributed by atoms with E-state index in [9.17, 15) is 9.90 Å². The van der Waals surface area contributed by atoms with Crippen LogP contribution in [0, 0.1) is 0 Å². The van der Waals surface area contributed by atoms with E-state index in [1.54, 1.807) is 11.6 Å². The second-order valence-electron chi connectivity index (χ2n) is 6.51. The zero-order chi connectivity index (χ0) is 19.8. The van der Waals surface area contributed by atoms with Crippen molar-refractivity contribution < 1.29 is 15.1 Å². The first-order chi connectivity index (χ1) is 13.7. The van der Waals surface area contributed by atoms with Gasteiger partial charge in [0.2, 0.25) is 0 Å². The zero-order valence-electron chi connectivity index (χ0n) is 15.5. The van der Waals surface area contributed by atoms with Gasteiger partial charge in [-0.2, -0.15) is 0 Å². The third kappa shape index (κ3) is 5.26. The topological polar surface area (TPSA) is 101 Å². The maximum absolute atomic E-state index is 11.0. The number of rotatable bonds is 9. The summed E-state index contributed by atoms with van der Waals surface area (Å²) in [6.45, 7) is 2.24. The molecule has 0 saturated heterocycles. The quantitative estimate of drug-likeness (QED) is 0.259. The molecule has 1 amide bonds. The highest BCUT2D eigenvalue weighted by Crippen LogP contribution is 2.16. The van der Waals surface area contributed by atoms with Crippen LogP contribution in [-0.4, -0.2) is 50.8 Å². The number of amides is 1. The van der Waals surface area contributed by atoms with Crippen LogP contribution in [-0.2, 0) is 17.8 Å². The van der Waals surface area contributed by atoms with Gasteiger partial charge in [0.15, 0.2) is 0 Å². The van der Waals surface area contributed by atoms with Crippen LogP contribution in [0.25, 0.3) is 17.1 Å². The van der Waals surface area contributed by atoms with Crippen LogP contribution in [0.4, 0.5) is 0 Å². The summed E-state index contributed by atoms with van der Waals surface area (Å²) < 4.78 is 0. The number of pyridine rings is 1. The molecule has 0 aliphatic carbocycles. The fourth-order valence-corrected chi connectivity index (χ4v) is 3.12. The normalized spacial score (nSPS) is 11.5. The molecule has 0 unspecified atom stereocenters. The van der Waals surface area contributed by atoms with Gasteiger partial charge in [-0.1, -0.05) is 24.3 Å². The van der Waals surface area contributed by atoms with E-state index in [0.717, 1.165) is 41.7 Å². The van der Waals surface area contributed by atoms with Gasteiger partial charge in [-0.25, -0.2) is 5.48 Å². The van der Waals surface area contributed by atoms with Gasteiger partial charge in [-0.3, -0.25) is 19.9 Å². The van der Waals surface area contributed by atoms with E-state index >= 15 is 0 Å². The summed E-state index contributed by atoms with van der Waals surface area (Å²) in [5.74, 6) is -0.564. The summed E-state index contributed by atoms with van der Waals surface area (Å²) >= 11 is 0. The SMILES string of the molecule is O=C(/C=C/c1ccc(CN(CCO)CCc2ccnc3cc[nH]c23)cc1)NO. The number of aliphatic hydroxyl groups excluding tert-OH is 1. The highest BCUT2D eigenvalue weighted by atomic mass is 16.5. The number of carbonyl (C=O) groups is 1. The van der Waals surface area contributed by atoms with E-state index in [4.69, 9.17) is 5.21 Å². The Bertz CT molecular complexity index is 934. The van der Waals surface area contributed by atoms with Gasteiger partial charge in [0.1, 0.15) is 0 Å². The van der Waals surface area contributed by atoms with Crippen LogP contribution in [0.15, 0.2) is 54.9 Å². The molecule has 7 heteroatoms. The van der Waals surface area contributed by atoms with Gasteiger partial charge >= 0.3 is 0 Å². The summed E-state index contributed by atoms with van der Waals surface area (Å²) in [4.78, 5) is 20.8. The summed E-state index contributed by atoms with van der Waals surface area (Å²) in [7, 11) is 0. The third-order valence-corrected chi connectivity index (χ3v) is 4.57. The standard InChI is InChI=1S/C21H24N4O3/c26-14-13-25(12-9-18-7-10-22-19-8-11-23-21(18)19)15-17-3-1-16(2-4-17)5-6-20(27)24-28/h1-8,10-11,23,26,28H,9,12-15H2,(H,24,27)/b6-5+. The minimum absolute atomic E-state index is 0.103. The Labute approximate surface area is 163 Å². The molecule has 0 saturated carbocycles. The summed E-state index contributed by atoms with van der Waals surface area (Å²) in [6.07, 6.45) is 7.48. The Morgan fingerprint density at radius 2 is 2.00 bits per heavy atom. The summed E-state index contributed by atoms with van der Waals surface area (Å²) in [5, 5.41) is 17.9. The molecule has 28 heavy (non-hydrogen) atoms. The molecule has 3 aromatic rings. The number of aliphatic hydroxyl groups is 1.